The lowest BCUT2D eigenvalue weighted by Crippen LogP contribution is -1.98. The molecule has 82 valence electrons. The van der Waals surface area contributed by atoms with Crippen LogP contribution in [0.25, 0.3) is 17.0 Å². The molecule has 2 rings (SSSR count). The minimum atomic E-state index is -0.327. The van der Waals surface area contributed by atoms with Gasteiger partial charge in [0.15, 0.2) is 0 Å². The smallest absolute Gasteiger partial charge is 0.330 e. The third kappa shape index (κ3) is 2.28. The number of hydrogen-bond donors (Lipinski definition) is 1. The van der Waals surface area contributed by atoms with E-state index in [2.05, 4.69) is 10.2 Å². The van der Waals surface area contributed by atoms with Crippen molar-refractivity contribution in [2.24, 2.45) is 0 Å². The number of benzene rings is 1. The zero-order valence-corrected chi connectivity index (χ0v) is 8.93. The topological polar surface area (TPSA) is 55.0 Å². The molecule has 1 aromatic heterocycles. The molecule has 1 aromatic carbocycles. The second kappa shape index (κ2) is 4.61. The number of rotatable bonds is 3. The van der Waals surface area contributed by atoms with Crippen LogP contribution in [0.5, 0.6) is 0 Å². The van der Waals surface area contributed by atoms with E-state index in [-0.39, 0.29) is 5.97 Å². The van der Waals surface area contributed by atoms with Crippen molar-refractivity contribution in [3.63, 3.8) is 0 Å². The summed E-state index contributed by atoms with van der Waals surface area (Å²) in [5.41, 5.74) is 1.89. The van der Waals surface area contributed by atoms with Crippen molar-refractivity contribution in [3.05, 3.63) is 36.0 Å². The molecule has 1 N–H and O–H groups in total. The van der Waals surface area contributed by atoms with Gasteiger partial charge in [0.25, 0.3) is 0 Å². The van der Waals surface area contributed by atoms with Crippen molar-refractivity contribution in [1.29, 1.82) is 0 Å². The van der Waals surface area contributed by atoms with Crippen LogP contribution in [0.3, 0.4) is 0 Å². The van der Waals surface area contributed by atoms with Gasteiger partial charge >= 0.3 is 5.97 Å². The Bertz CT molecular complexity index is 529. The van der Waals surface area contributed by atoms with Crippen LogP contribution in [0.15, 0.2) is 30.5 Å². The fourth-order valence-corrected chi connectivity index (χ4v) is 1.41. The quantitative estimate of drug-likeness (QED) is 0.631. The van der Waals surface area contributed by atoms with Crippen LogP contribution in [0.4, 0.5) is 0 Å². The van der Waals surface area contributed by atoms with E-state index in [1.807, 2.05) is 18.2 Å². The summed E-state index contributed by atoms with van der Waals surface area (Å²) in [6.07, 6.45) is 4.90. The molecule has 0 unspecified atom stereocenters. The van der Waals surface area contributed by atoms with Gasteiger partial charge in [-0.15, -0.1) is 0 Å². The second-order valence-corrected chi connectivity index (χ2v) is 3.30. The Morgan fingerprint density at radius 1 is 1.56 bits per heavy atom. The number of fused-ring (bicyclic) bond motifs is 1. The maximum absolute atomic E-state index is 11.1. The average molecular weight is 216 g/mol. The van der Waals surface area contributed by atoms with E-state index in [1.54, 1.807) is 19.2 Å². The zero-order valence-electron chi connectivity index (χ0n) is 8.93. The van der Waals surface area contributed by atoms with Crippen molar-refractivity contribution in [2.45, 2.75) is 6.92 Å². The van der Waals surface area contributed by atoms with Crippen LogP contribution < -0.4 is 0 Å². The van der Waals surface area contributed by atoms with Gasteiger partial charge in [-0.2, -0.15) is 5.10 Å². The van der Waals surface area contributed by atoms with Crippen LogP contribution in [0, 0.1) is 0 Å². The molecule has 0 aliphatic rings. The summed E-state index contributed by atoms with van der Waals surface area (Å²) >= 11 is 0. The Balaban J connectivity index is 2.17. The van der Waals surface area contributed by atoms with Crippen molar-refractivity contribution in [3.8, 4) is 0 Å². The highest BCUT2D eigenvalue weighted by molar-refractivity contribution is 5.88. The summed E-state index contributed by atoms with van der Waals surface area (Å²) in [4.78, 5) is 11.1. The SMILES string of the molecule is CCOC(=O)C=Cc1ccc2cn[nH]c2c1. The molecule has 0 aliphatic carbocycles. The van der Waals surface area contributed by atoms with E-state index >= 15 is 0 Å². The number of carbonyl (C=O) groups is 1. The Kier molecular flexibility index (Phi) is 3.00. The number of esters is 1. The number of aromatic amines is 1. The van der Waals surface area contributed by atoms with Crippen molar-refractivity contribution >= 4 is 22.9 Å². The maximum atomic E-state index is 11.1. The number of hydrogen-bond acceptors (Lipinski definition) is 3. The zero-order chi connectivity index (χ0) is 11.4. The lowest BCUT2D eigenvalue weighted by atomic mass is 10.1. The Morgan fingerprint density at radius 3 is 3.25 bits per heavy atom. The number of carbonyl (C=O) groups excluding carboxylic acids is 1. The lowest BCUT2D eigenvalue weighted by Gasteiger charge is -1.95. The molecule has 0 aliphatic heterocycles. The Morgan fingerprint density at radius 2 is 2.44 bits per heavy atom. The largest absolute Gasteiger partial charge is 0.463 e. The van der Waals surface area contributed by atoms with E-state index in [4.69, 9.17) is 4.74 Å². The van der Waals surface area contributed by atoms with Crippen molar-refractivity contribution in [1.82, 2.24) is 10.2 Å². The standard InChI is InChI=1S/C12H12N2O2/c1-2-16-12(15)6-4-9-3-5-10-8-13-14-11(10)7-9/h3-8H,2H2,1H3,(H,13,14). The molecule has 4 heteroatoms. The van der Waals surface area contributed by atoms with Crippen LogP contribution in [-0.4, -0.2) is 22.8 Å². The predicted molar refractivity (Wildman–Crippen MR) is 61.8 cm³/mol. The molecule has 0 bridgehead atoms. The van der Waals surface area contributed by atoms with Crippen LogP contribution in [0.1, 0.15) is 12.5 Å². The van der Waals surface area contributed by atoms with Gasteiger partial charge in [0.1, 0.15) is 0 Å². The molecule has 2 aromatic rings. The third-order valence-electron chi connectivity index (χ3n) is 2.16. The number of ether oxygens (including phenoxy) is 1. The molecule has 1 heterocycles. The van der Waals surface area contributed by atoms with Crippen molar-refractivity contribution in [2.75, 3.05) is 6.61 Å². The summed E-state index contributed by atoms with van der Waals surface area (Å²) < 4.78 is 4.79. The molecule has 0 radical (unpaired) electrons. The fraction of sp³-hybridized carbons (Fsp3) is 0.167. The summed E-state index contributed by atoms with van der Waals surface area (Å²) in [7, 11) is 0. The second-order valence-electron chi connectivity index (χ2n) is 3.30. The van der Waals surface area contributed by atoms with Crippen LogP contribution in [0.2, 0.25) is 0 Å². The Labute approximate surface area is 92.9 Å². The highest BCUT2D eigenvalue weighted by atomic mass is 16.5. The molecule has 0 amide bonds. The number of aromatic nitrogens is 2. The average Bonchev–Trinajstić information content (AvgIpc) is 2.74. The molecule has 16 heavy (non-hydrogen) atoms. The fourth-order valence-electron chi connectivity index (χ4n) is 1.41. The molecule has 0 fully saturated rings. The monoisotopic (exact) mass is 216 g/mol. The maximum Gasteiger partial charge on any atom is 0.330 e. The molecule has 0 spiro atoms. The molecule has 0 saturated heterocycles. The Hall–Kier alpha value is -2.10. The molecular formula is C12H12N2O2. The van der Waals surface area contributed by atoms with Gasteiger partial charge in [0.2, 0.25) is 0 Å². The number of nitrogens with one attached hydrogen (secondary N) is 1. The first-order valence-electron chi connectivity index (χ1n) is 5.07. The first-order valence-corrected chi connectivity index (χ1v) is 5.07. The highest BCUT2D eigenvalue weighted by Gasteiger charge is 1.97. The minimum Gasteiger partial charge on any atom is -0.463 e. The molecule has 4 nitrogen and oxygen atoms in total. The summed E-state index contributed by atoms with van der Waals surface area (Å²) in [5, 5.41) is 7.85. The number of H-pyrrole nitrogens is 1. The third-order valence-corrected chi connectivity index (χ3v) is 2.16. The van der Waals surface area contributed by atoms with E-state index in [0.717, 1.165) is 16.5 Å². The normalized spacial score (nSPS) is 11.1. The summed E-state index contributed by atoms with van der Waals surface area (Å²) in [6.45, 7) is 2.17. The van der Waals surface area contributed by atoms with E-state index in [9.17, 15) is 4.79 Å². The minimum absolute atomic E-state index is 0.327. The van der Waals surface area contributed by atoms with Gasteiger partial charge in [-0.3, -0.25) is 5.10 Å². The first kappa shape index (κ1) is 10.4. The van der Waals surface area contributed by atoms with Crippen LogP contribution in [-0.2, 0) is 9.53 Å². The van der Waals surface area contributed by atoms with Crippen molar-refractivity contribution < 1.29 is 9.53 Å². The van der Waals surface area contributed by atoms with E-state index in [0.29, 0.717) is 6.61 Å². The van der Waals surface area contributed by atoms with Gasteiger partial charge < -0.3 is 4.74 Å². The predicted octanol–water partition coefficient (Wildman–Crippen LogP) is 2.14. The van der Waals surface area contributed by atoms with Gasteiger partial charge in [-0.25, -0.2) is 4.79 Å². The first-order chi connectivity index (χ1) is 7.79. The molecule has 0 saturated carbocycles. The summed E-state index contributed by atoms with van der Waals surface area (Å²) in [6, 6.07) is 5.80. The lowest BCUT2D eigenvalue weighted by molar-refractivity contribution is -0.137. The van der Waals surface area contributed by atoms with E-state index < -0.39 is 0 Å². The van der Waals surface area contributed by atoms with E-state index in [1.165, 1.54) is 6.08 Å². The van der Waals surface area contributed by atoms with Crippen LogP contribution >= 0.6 is 0 Å². The van der Waals surface area contributed by atoms with Gasteiger partial charge in [0.05, 0.1) is 18.3 Å². The van der Waals surface area contributed by atoms with Gasteiger partial charge in [0, 0.05) is 11.5 Å². The highest BCUT2D eigenvalue weighted by Crippen LogP contribution is 2.13. The molecular weight excluding hydrogens is 204 g/mol. The van der Waals surface area contributed by atoms with Gasteiger partial charge in [-0.05, 0) is 24.6 Å². The van der Waals surface area contributed by atoms with Gasteiger partial charge in [-0.1, -0.05) is 12.1 Å². The number of nitrogens with zero attached hydrogens (tertiary/aromatic N) is 1. The summed E-state index contributed by atoms with van der Waals surface area (Å²) in [5.74, 6) is -0.327. The molecule has 0 atom stereocenters.